The summed E-state index contributed by atoms with van der Waals surface area (Å²) in [5, 5.41) is 11.9. The predicted molar refractivity (Wildman–Crippen MR) is 156 cm³/mol. The van der Waals surface area contributed by atoms with Crippen molar-refractivity contribution in [1.29, 1.82) is 0 Å². The minimum absolute atomic E-state index is 0.111. The van der Waals surface area contributed by atoms with Crippen molar-refractivity contribution < 1.29 is 31.4 Å². The number of pyridine rings is 1. The van der Waals surface area contributed by atoms with E-state index in [-0.39, 0.29) is 11.4 Å². The zero-order valence-corrected chi connectivity index (χ0v) is 23.7. The molecule has 0 radical (unpaired) electrons. The Labute approximate surface area is 247 Å². The van der Waals surface area contributed by atoms with E-state index < -0.39 is 40.3 Å². The van der Waals surface area contributed by atoms with Gasteiger partial charge < -0.3 is 19.6 Å². The molecule has 43 heavy (non-hydrogen) atoms. The van der Waals surface area contributed by atoms with Crippen molar-refractivity contribution in [3.8, 4) is 5.75 Å². The van der Waals surface area contributed by atoms with E-state index in [4.69, 9.17) is 0 Å². The van der Waals surface area contributed by atoms with E-state index in [1.54, 1.807) is 12.3 Å². The number of para-hydroxylation sites is 2. The number of piperidine rings is 1. The number of aromatic nitrogens is 1. The van der Waals surface area contributed by atoms with Crippen LogP contribution in [0.25, 0.3) is 0 Å². The lowest BCUT2D eigenvalue weighted by Crippen LogP contribution is -2.65. The van der Waals surface area contributed by atoms with Crippen LogP contribution in [0, 0.1) is 0 Å². The first-order chi connectivity index (χ1) is 20.6. The largest absolute Gasteiger partial charge is 0.573 e. The Balaban J connectivity index is 1.38. The molecule has 224 valence electrons. The Bertz CT molecular complexity index is 1640. The molecule has 3 atom stereocenters. The summed E-state index contributed by atoms with van der Waals surface area (Å²) in [5.41, 5.74) is 4.08. The molecule has 0 bridgehead atoms. The van der Waals surface area contributed by atoms with Gasteiger partial charge in [-0.1, -0.05) is 42.5 Å². The van der Waals surface area contributed by atoms with Gasteiger partial charge in [0.1, 0.15) is 11.6 Å². The Morgan fingerprint density at radius 1 is 0.837 bits per heavy atom. The number of nitrogens with zero attached hydrogens (tertiary/aromatic N) is 3. The van der Waals surface area contributed by atoms with Crippen molar-refractivity contribution in [3.63, 3.8) is 0 Å². The molecule has 6 rings (SSSR count). The monoisotopic (exact) mass is 610 g/mol. The molecule has 2 aliphatic heterocycles. The van der Waals surface area contributed by atoms with E-state index in [0.29, 0.717) is 12.4 Å². The normalized spacial score (nSPS) is 20.6. The van der Waals surface area contributed by atoms with E-state index in [1.807, 2.05) is 53.4 Å². The fourth-order valence-corrected chi connectivity index (χ4v) is 7.09. The van der Waals surface area contributed by atoms with Gasteiger partial charge in [-0.25, -0.2) is 18.1 Å². The number of nitrogens with one attached hydrogen (secondary N) is 1. The summed E-state index contributed by atoms with van der Waals surface area (Å²) >= 11 is 0. The van der Waals surface area contributed by atoms with Gasteiger partial charge in [0, 0.05) is 30.7 Å². The maximum Gasteiger partial charge on any atom is 0.573 e. The number of hydrogen-bond acceptors (Lipinski definition) is 7. The third-order valence-corrected chi connectivity index (χ3v) is 9.28. The van der Waals surface area contributed by atoms with E-state index in [2.05, 4.69) is 31.5 Å². The number of fused-ring (bicyclic) bond motifs is 2. The molecular weight excluding hydrogens is 581 g/mol. The predicted octanol–water partition coefficient (Wildman–Crippen LogP) is 4.81. The minimum Gasteiger partial charge on any atom is -0.406 e. The second kappa shape index (κ2) is 11.5. The van der Waals surface area contributed by atoms with Gasteiger partial charge in [0.2, 0.25) is 10.0 Å². The quantitative estimate of drug-likeness (QED) is 0.324. The highest BCUT2D eigenvalue weighted by molar-refractivity contribution is 7.89. The van der Waals surface area contributed by atoms with Gasteiger partial charge in [0.15, 0.2) is 0 Å². The average Bonchev–Trinajstić information content (AvgIpc) is 3.15. The van der Waals surface area contributed by atoms with Crippen molar-refractivity contribution in [3.05, 3.63) is 108 Å². The van der Waals surface area contributed by atoms with Crippen molar-refractivity contribution >= 4 is 27.2 Å². The highest BCUT2D eigenvalue weighted by Gasteiger charge is 2.43. The standard InChI is InChI=1S/C31H29F3N4O4S/c32-31(33,34)42-23-14-16-24(17-15-23)43(40,41)36-25-19-37(29-11-5-6-18-35-29)20-28(30(25)39)38-26-9-3-1-7-21(26)12-13-22-8-2-4-10-27(22)38/h1-11,14-18,25,28,30,36,39H,12-13,19-20H2/t25-,28?,30+/m1/s1. The number of halogens is 3. The molecule has 1 saturated heterocycles. The molecule has 2 N–H and O–H groups in total. The summed E-state index contributed by atoms with van der Waals surface area (Å²) in [6.45, 7) is 0.461. The lowest BCUT2D eigenvalue weighted by atomic mass is 9.94. The number of anilines is 3. The van der Waals surface area contributed by atoms with Crippen LogP contribution in [0.4, 0.5) is 30.4 Å². The molecule has 1 fully saturated rings. The number of sulfonamides is 1. The molecule has 1 aromatic heterocycles. The summed E-state index contributed by atoms with van der Waals surface area (Å²) in [4.78, 5) is 8.26. The van der Waals surface area contributed by atoms with Gasteiger partial charge in [-0.2, -0.15) is 0 Å². The summed E-state index contributed by atoms with van der Waals surface area (Å²) in [5.74, 6) is 0.0812. The fourth-order valence-electron chi connectivity index (χ4n) is 5.85. The SMILES string of the molecule is O=S(=O)(N[C@@H]1CN(c2ccccn2)CC(N2c3ccccc3CCc3ccccc32)[C@H]1O)c1ccc(OC(F)(F)F)cc1. The Hall–Kier alpha value is -4.13. The van der Waals surface area contributed by atoms with Crippen LogP contribution in [0.15, 0.2) is 102 Å². The number of benzene rings is 3. The van der Waals surface area contributed by atoms with Crippen molar-refractivity contribution in [2.75, 3.05) is 22.9 Å². The molecule has 2 aliphatic rings. The number of aryl methyl sites for hydroxylation is 2. The third-order valence-electron chi connectivity index (χ3n) is 7.78. The lowest BCUT2D eigenvalue weighted by molar-refractivity contribution is -0.274. The first-order valence-electron chi connectivity index (χ1n) is 13.8. The zero-order valence-electron chi connectivity index (χ0n) is 22.9. The Kier molecular flexibility index (Phi) is 7.75. The van der Waals surface area contributed by atoms with Crippen molar-refractivity contribution in [2.24, 2.45) is 0 Å². The second-order valence-electron chi connectivity index (χ2n) is 10.5. The summed E-state index contributed by atoms with van der Waals surface area (Å²) < 4.78 is 71.3. The highest BCUT2D eigenvalue weighted by Crippen LogP contribution is 2.40. The summed E-state index contributed by atoms with van der Waals surface area (Å²) in [7, 11) is -4.25. The topological polar surface area (TPSA) is 95.0 Å². The summed E-state index contributed by atoms with van der Waals surface area (Å²) in [6.07, 6.45) is -2.81. The number of hydrogen-bond donors (Lipinski definition) is 2. The number of aliphatic hydroxyl groups is 1. The van der Waals surface area contributed by atoms with Crippen LogP contribution in [0.5, 0.6) is 5.75 Å². The van der Waals surface area contributed by atoms with Gasteiger partial charge >= 0.3 is 6.36 Å². The smallest absolute Gasteiger partial charge is 0.406 e. The van der Waals surface area contributed by atoms with Gasteiger partial charge in [0.25, 0.3) is 0 Å². The van der Waals surface area contributed by atoms with Crippen LogP contribution in [0.3, 0.4) is 0 Å². The van der Waals surface area contributed by atoms with Crippen molar-refractivity contribution in [1.82, 2.24) is 9.71 Å². The number of alkyl halides is 3. The van der Waals surface area contributed by atoms with Crippen molar-refractivity contribution in [2.45, 2.75) is 42.3 Å². The van der Waals surface area contributed by atoms with Crippen LogP contribution < -0.4 is 19.3 Å². The van der Waals surface area contributed by atoms with E-state index >= 15 is 0 Å². The van der Waals surface area contributed by atoms with Crippen LogP contribution in [-0.4, -0.2) is 56.1 Å². The molecule has 0 saturated carbocycles. The van der Waals surface area contributed by atoms with Gasteiger partial charge in [-0.05, 0) is 72.5 Å². The molecule has 1 unspecified atom stereocenters. The molecular formula is C31H29F3N4O4S. The third kappa shape index (κ3) is 6.17. The van der Waals surface area contributed by atoms with Crippen LogP contribution >= 0.6 is 0 Å². The van der Waals surface area contributed by atoms with E-state index in [9.17, 15) is 26.7 Å². The number of ether oxygens (including phenoxy) is 1. The Morgan fingerprint density at radius 2 is 1.44 bits per heavy atom. The zero-order chi connectivity index (χ0) is 30.2. The van der Waals surface area contributed by atoms with Gasteiger partial charge in [0.05, 0.1) is 23.1 Å². The minimum atomic E-state index is -4.90. The molecule has 3 aromatic carbocycles. The first-order valence-corrected chi connectivity index (χ1v) is 15.2. The van der Waals surface area contributed by atoms with Crippen LogP contribution in [-0.2, 0) is 22.9 Å². The fraction of sp³-hybridized carbons (Fsp3) is 0.258. The molecule has 0 amide bonds. The maximum atomic E-state index is 13.5. The summed E-state index contributed by atoms with van der Waals surface area (Å²) in [6, 6.07) is 23.8. The number of rotatable bonds is 6. The van der Waals surface area contributed by atoms with E-state index in [0.717, 1.165) is 59.6 Å². The lowest BCUT2D eigenvalue weighted by Gasteiger charge is -2.47. The second-order valence-corrected chi connectivity index (χ2v) is 12.2. The molecule has 8 nitrogen and oxygen atoms in total. The van der Waals surface area contributed by atoms with E-state index in [1.165, 1.54) is 0 Å². The number of aliphatic hydroxyl groups excluding tert-OH is 1. The average molecular weight is 611 g/mol. The molecule has 3 heterocycles. The van der Waals surface area contributed by atoms with Gasteiger partial charge in [-0.3, -0.25) is 0 Å². The maximum absolute atomic E-state index is 13.5. The Morgan fingerprint density at radius 3 is 2.02 bits per heavy atom. The molecule has 0 spiro atoms. The van der Waals surface area contributed by atoms with Crippen LogP contribution in [0.2, 0.25) is 0 Å². The molecule has 4 aromatic rings. The molecule has 0 aliphatic carbocycles. The highest BCUT2D eigenvalue weighted by atomic mass is 32.2. The van der Waals surface area contributed by atoms with Gasteiger partial charge in [-0.15, -0.1) is 13.2 Å². The van der Waals surface area contributed by atoms with Crippen LogP contribution in [0.1, 0.15) is 11.1 Å². The molecule has 12 heteroatoms. The first kappa shape index (κ1) is 29.0.